The molecule has 4 heteroatoms. The summed E-state index contributed by atoms with van der Waals surface area (Å²) in [5.74, 6) is -0.593. The molecule has 0 saturated carbocycles. The summed E-state index contributed by atoms with van der Waals surface area (Å²) in [7, 11) is 0. The number of Topliss-reactive ketones (excluding diaryl/α,β-unsaturated/α-hetero) is 1. The molecule has 1 aliphatic rings. The van der Waals surface area contributed by atoms with Gasteiger partial charge in [0.05, 0.1) is 5.56 Å². The number of hydrogen-bond acceptors (Lipinski definition) is 3. The number of rotatable bonds is 7. The van der Waals surface area contributed by atoms with E-state index in [4.69, 9.17) is 4.74 Å². The number of hydrogen-bond donors (Lipinski definition) is 0. The monoisotopic (exact) mass is 415 g/mol. The molecule has 1 aromatic heterocycles. The molecule has 2 aromatic carbocycles. The summed E-state index contributed by atoms with van der Waals surface area (Å²) in [6.07, 6.45) is 5.34. The zero-order valence-corrected chi connectivity index (χ0v) is 18.3. The second kappa shape index (κ2) is 9.34. The van der Waals surface area contributed by atoms with Crippen LogP contribution in [0.3, 0.4) is 0 Å². The van der Waals surface area contributed by atoms with Crippen LogP contribution in [-0.2, 0) is 30.5 Å². The number of esters is 1. The minimum absolute atomic E-state index is 0.162. The van der Waals surface area contributed by atoms with E-state index in [9.17, 15) is 9.59 Å². The highest BCUT2D eigenvalue weighted by atomic mass is 16.5. The Kier molecular flexibility index (Phi) is 6.36. The number of carbonyl (C=O) groups is 2. The van der Waals surface area contributed by atoms with Gasteiger partial charge in [-0.3, -0.25) is 4.79 Å². The van der Waals surface area contributed by atoms with Crippen molar-refractivity contribution >= 4 is 11.8 Å². The number of benzene rings is 2. The van der Waals surface area contributed by atoms with Gasteiger partial charge in [-0.1, -0.05) is 36.4 Å². The number of ketones is 1. The molecular formula is C27H29NO3. The molecule has 0 atom stereocenters. The lowest BCUT2D eigenvalue weighted by molar-refractivity contribution is 0.0474. The molecule has 31 heavy (non-hydrogen) atoms. The molecular weight excluding hydrogens is 386 g/mol. The topological polar surface area (TPSA) is 48.3 Å². The molecule has 1 aliphatic carbocycles. The van der Waals surface area contributed by atoms with Gasteiger partial charge in [0, 0.05) is 23.5 Å². The average molecular weight is 416 g/mol. The Balaban J connectivity index is 1.39. The lowest BCUT2D eigenvalue weighted by Crippen LogP contribution is -2.16. The fourth-order valence-corrected chi connectivity index (χ4v) is 4.47. The van der Waals surface area contributed by atoms with Gasteiger partial charge in [-0.15, -0.1) is 0 Å². The van der Waals surface area contributed by atoms with E-state index in [0.717, 1.165) is 43.6 Å². The van der Waals surface area contributed by atoms with E-state index in [2.05, 4.69) is 16.7 Å². The molecule has 160 valence electrons. The van der Waals surface area contributed by atoms with Gasteiger partial charge in [-0.25, -0.2) is 4.79 Å². The summed E-state index contributed by atoms with van der Waals surface area (Å²) in [6, 6.07) is 18.0. The molecule has 0 saturated heterocycles. The highest BCUT2D eigenvalue weighted by Crippen LogP contribution is 2.23. The van der Waals surface area contributed by atoms with Crippen LogP contribution in [0.15, 0.2) is 54.6 Å². The Morgan fingerprint density at radius 3 is 2.45 bits per heavy atom. The number of aryl methyl sites for hydroxylation is 4. The van der Waals surface area contributed by atoms with Crippen LogP contribution < -0.4 is 0 Å². The molecule has 0 unspecified atom stereocenters. The Bertz CT molecular complexity index is 1100. The first-order valence-electron chi connectivity index (χ1n) is 11.1. The summed E-state index contributed by atoms with van der Waals surface area (Å²) in [4.78, 5) is 25.3. The first-order chi connectivity index (χ1) is 15.0. The van der Waals surface area contributed by atoms with Crippen LogP contribution in [-0.4, -0.2) is 22.9 Å². The smallest absolute Gasteiger partial charge is 0.338 e. The molecule has 0 amide bonds. The van der Waals surface area contributed by atoms with Crippen molar-refractivity contribution in [2.45, 2.75) is 52.5 Å². The van der Waals surface area contributed by atoms with Crippen LogP contribution in [0.2, 0.25) is 0 Å². The van der Waals surface area contributed by atoms with Gasteiger partial charge in [0.25, 0.3) is 0 Å². The van der Waals surface area contributed by atoms with Gasteiger partial charge >= 0.3 is 5.97 Å². The van der Waals surface area contributed by atoms with Crippen LogP contribution >= 0.6 is 0 Å². The second-order valence-corrected chi connectivity index (χ2v) is 8.36. The molecule has 0 bridgehead atoms. The summed E-state index contributed by atoms with van der Waals surface area (Å²) in [5.41, 5.74) is 6.93. The van der Waals surface area contributed by atoms with Crippen molar-refractivity contribution in [2.75, 3.05) is 6.61 Å². The number of nitrogens with zero attached hydrogens (tertiary/aromatic N) is 1. The van der Waals surface area contributed by atoms with Crippen molar-refractivity contribution in [3.8, 4) is 0 Å². The summed E-state index contributed by atoms with van der Waals surface area (Å²) in [6.45, 7) is 4.53. The summed E-state index contributed by atoms with van der Waals surface area (Å²) < 4.78 is 7.53. The van der Waals surface area contributed by atoms with Gasteiger partial charge < -0.3 is 9.30 Å². The summed E-state index contributed by atoms with van der Waals surface area (Å²) in [5, 5.41) is 0. The van der Waals surface area contributed by atoms with Crippen LogP contribution in [0.4, 0.5) is 0 Å². The van der Waals surface area contributed by atoms with E-state index in [-0.39, 0.29) is 12.4 Å². The molecule has 0 radical (unpaired) electrons. The highest BCUT2D eigenvalue weighted by Gasteiger charge is 2.19. The number of aromatic nitrogens is 1. The second-order valence-electron chi connectivity index (χ2n) is 8.36. The van der Waals surface area contributed by atoms with Crippen LogP contribution in [0.1, 0.15) is 61.6 Å². The van der Waals surface area contributed by atoms with E-state index in [1.807, 2.05) is 56.3 Å². The maximum Gasteiger partial charge on any atom is 0.338 e. The highest BCUT2D eigenvalue weighted by molar-refractivity contribution is 6.00. The lowest BCUT2D eigenvalue weighted by atomic mass is 9.90. The van der Waals surface area contributed by atoms with Gasteiger partial charge in [0.1, 0.15) is 0 Å². The zero-order valence-electron chi connectivity index (χ0n) is 18.3. The van der Waals surface area contributed by atoms with E-state index in [0.29, 0.717) is 11.1 Å². The third-order valence-electron chi connectivity index (χ3n) is 6.26. The van der Waals surface area contributed by atoms with E-state index >= 15 is 0 Å². The van der Waals surface area contributed by atoms with E-state index in [1.165, 1.54) is 23.1 Å². The molecule has 3 aromatic rings. The normalized spacial score (nSPS) is 13.0. The van der Waals surface area contributed by atoms with Crippen LogP contribution in [0, 0.1) is 13.8 Å². The molecule has 4 rings (SSSR count). The Morgan fingerprint density at radius 1 is 0.935 bits per heavy atom. The minimum atomic E-state index is -0.431. The Labute approximate surface area is 183 Å². The molecule has 1 heterocycles. The predicted molar refractivity (Wildman–Crippen MR) is 122 cm³/mol. The van der Waals surface area contributed by atoms with Crippen LogP contribution in [0.25, 0.3) is 0 Å². The van der Waals surface area contributed by atoms with Gasteiger partial charge in [-0.05, 0) is 80.8 Å². The predicted octanol–water partition coefficient (Wildman–Crippen LogP) is 5.27. The molecule has 0 fully saturated rings. The van der Waals surface area contributed by atoms with Crippen molar-refractivity contribution in [1.82, 2.24) is 4.57 Å². The zero-order chi connectivity index (χ0) is 21.8. The molecule has 0 spiro atoms. The number of fused-ring (bicyclic) bond motifs is 1. The quantitative estimate of drug-likeness (QED) is 0.390. The number of ether oxygens (including phenoxy) is 1. The third kappa shape index (κ3) is 4.79. The Hall–Kier alpha value is -3.14. The lowest BCUT2D eigenvalue weighted by Gasteiger charge is -2.16. The first kappa shape index (κ1) is 21.1. The molecule has 4 nitrogen and oxygen atoms in total. The van der Waals surface area contributed by atoms with Crippen LogP contribution in [0.5, 0.6) is 0 Å². The minimum Gasteiger partial charge on any atom is -0.454 e. The Morgan fingerprint density at radius 2 is 1.68 bits per heavy atom. The van der Waals surface area contributed by atoms with Gasteiger partial charge in [0.2, 0.25) is 5.78 Å². The average Bonchev–Trinajstić information content (AvgIpc) is 3.09. The third-order valence-corrected chi connectivity index (χ3v) is 6.26. The van der Waals surface area contributed by atoms with Crippen molar-refractivity contribution < 1.29 is 14.3 Å². The van der Waals surface area contributed by atoms with Gasteiger partial charge in [0.15, 0.2) is 6.61 Å². The van der Waals surface area contributed by atoms with Gasteiger partial charge in [-0.2, -0.15) is 0 Å². The SMILES string of the molecule is Cc1cc(C(=O)COC(=O)c2ccc3c(c2)CCCC3)c(C)n1CCc1ccccc1. The van der Waals surface area contributed by atoms with Crippen molar-refractivity contribution in [2.24, 2.45) is 0 Å². The van der Waals surface area contributed by atoms with Crippen molar-refractivity contribution in [1.29, 1.82) is 0 Å². The van der Waals surface area contributed by atoms with Crippen molar-refractivity contribution in [3.05, 3.63) is 93.8 Å². The molecule has 0 aliphatic heterocycles. The van der Waals surface area contributed by atoms with Crippen molar-refractivity contribution in [3.63, 3.8) is 0 Å². The fraction of sp³-hybridized carbons (Fsp3) is 0.333. The largest absolute Gasteiger partial charge is 0.454 e. The van der Waals surface area contributed by atoms with E-state index in [1.54, 1.807) is 0 Å². The maximum atomic E-state index is 12.8. The van der Waals surface area contributed by atoms with E-state index < -0.39 is 5.97 Å². The fourth-order valence-electron chi connectivity index (χ4n) is 4.47. The standard InChI is InChI=1S/C27H29NO3/c1-19-16-25(20(2)28(19)15-14-21-8-4-3-5-9-21)26(29)18-31-27(30)24-13-12-22-10-6-7-11-23(22)17-24/h3-5,8-9,12-13,16-17H,6-7,10-11,14-15,18H2,1-2H3. The molecule has 0 N–H and O–H groups in total. The summed E-state index contributed by atoms with van der Waals surface area (Å²) >= 11 is 0. The number of carbonyl (C=O) groups excluding carboxylic acids is 2. The maximum absolute atomic E-state index is 12.8. The first-order valence-corrected chi connectivity index (χ1v) is 11.1.